The summed E-state index contributed by atoms with van der Waals surface area (Å²) in [4.78, 5) is 0. The molecule has 6 heteroatoms. The van der Waals surface area contributed by atoms with E-state index in [9.17, 15) is 0 Å². The Bertz CT molecular complexity index is 1350. The lowest BCUT2D eigenvalue weighted by molar-refractivity contribution is 0.174. The van der Waals surface area contributed by atoms with Crippen molar-refractivity contribution in [1.29, 1.82) is 0 Å². The van der Waals surface area contributed by atoms with Gasteiger partial charge in [-0.25, -0.2) is 0 Å². The van der Waals surface area contributed by atoms with Crippen molar-refractivity contribution in [2.45, 2.75) is 20.1 Å². The second kappa shape index (κ2) is 10.5. The van der Waals surface area contributed by atoms with E-state index in [1.54, 1.807) is 14.2 Å². The van der Waals surface area contributed by atoms with E-state index in [1.165, 1.54) is 0 Å². The second-order valence-corrected chi connectivity index (χ2v) is 8.45. The highest BCUT2D eigenvalue weighted by atomic mass is 16.7. The first-order valence-electron chi connectivity index (χ1n) is 11.7. The fourth-order valence-corrected chi connectivity index (χ4v) is 4.13. The molecule has 1 aliphatic rings. The Hall–Kier alpha value is -4.32. The van der Waals surface area contributed by atoms with Crippen molar-refractivity contribution in [2.24, 2.45) is 0 Å². The Labute approximate surface area is 210 Å². The van der Waals surface area contributed by atoms with Crippen LogP contribution in [0, 0.1) is 6.92 Å². The molecule has 0 aliphatic carbocycles. The summed E-state index contributed by atoms with van der Waals surface area (Å²) in [7, 11) is 3.27. The third kappa shape index (κ3) is 5.03. The van der Waals surface area contributed by atoms with E-state index >= 15 is 0 Å². The fourth-order valence-electron chi connectivity index (χ4n) is 4.13. The molecule has 0 radical (unpaired) electrons. The van der Waals surface area contributed by atoms with Crippen LogP contribution in [-0.4, -0.2) is 21.0 Å². The summed E-state index contributed by atoms with van der Waals surface area (Å²) in [6.45, 7) is 2.98. The zero-order valence-electron chi connectivity index (χ0n) is 20.6. The second-order valence-electron chi connectivity index (χ2n) is 8.45. The Morgan fingerprint density at radius 3 is 2.36 bits per heavy atom. The standard InChI is InChI=1S/C30H28O6/c1-20-13-25(22-10-12-26-28(15-22)36-19-35-26)30(34-17-21-7-5-4-6-8-21)29(14-20)33-18-23-9-11-24(31-2)16-27(23)32-3/h4-16H,17-19H2,1-3H3. The number of rotatable bonds is 9. The Balaban J connectivity index is 1.51. The quantitative estimate of drug-likeness (QED) is 0.268. The molecule has 0 aromatic heterocycles. The molecule has 0 saturated carbocycles. The number of hydrogen-bond donors (Lipinski definition) is 0. The average molecular weight is 485 g/mol. The molecule has 0 spiro atoms. The highest BCUT2D eigenvalue weighted by Crippen LogP contribution is 2.44. The van der Waals surface area contributed by atoms with E-state index in [2.05, 4.69) is 6.07 Å². The van der Waals surface area contributed by atoms with Crippen LogP contribution in [-0.2, 0) is 13.2 Å². The van der Waals surface area contributed by atoms with Crippen molar-refractivity contribution in [3.05, 3.63) is 95.6 Å². The van der Waals surface area contributed by atoms with Gasteiger partial charge in [0.05, 0.1) is 14.2 Å². The van der Waals surface area contributed by atoms with Crippen molar-refractivity contribution >= 4 is 0 Å². The highest BCUT2D eigenvalue weighted by molar-refractivity contribution is 5.77. The monoisotopic (exact) mass is 484 g/mol. The number of benzene rings is 4. The van der Waals surface area contributed by atoms with Gasteiger partial charge in [0.15, 0.2) is 23.0 Å². The lowest BCUT2D eigenvalue weighted by Gasteiger charge is -2.19. The average Bonchev–Trinajstić information content (AvgIpc) is 3.39. The number of aryl methyl sites for hydroxylation is 1. The van der Waals surface area contributed by atoms with Gasteiger partial charge in [-0.1, -0.05) is 36.4 Å². The van der Waals surface area contributed by atoms with E-state index in [-0.39, 0.29) is 6.79 Å². The first-order chi connectivity index (χ1) is 17.6. The SMILES string of the molecule is COc1ccc(COc2cc(C)cc(-c3ccc4c(c3)OCO4)c2OCc2ccccc2)c(OC)c1. The Kier molecular flexibility index (Phi) is 6.85. The van der Waals surface area contributed by atoms with Gasteiger partial charge in [-0.15, -0.1) is 0 Å². The van der Waals surface area contributed by atoms with Gasteiger partial charge in [-0.05, 0) is 60.0 Å². The predicted octanol–water partition coefficient (Wildman–Crippen LogP) is 6.57. The van der Waals surface area contributed by atoms with Crippen molar-refractivity contribution < 1.29 is 28.4 Å². The van der Waals surface area contributed by atoms with Gasteiger partial charge in [0.1, 0.15) is 24.7 Å². The fraction of sp³-hybridized carbons (Fsp3) is 0.200. The van der Waals surface area contributed by atoms with Crippen LogP contribution < -0.4 is 28.4 Å². The molecular weight excluding hydrogens is 456 g/mol. The van der Waals surface area contributed by atoms with Gasteiger partial charge >= 0.3 is 0 Å². The lowest BCUT2D eigenvalue weighted by Crippen LogP contribution is -2.04. The van der Waals surface area contributed by atoms with Gasteiger partial charge < -0.3 is 28.4 Å². The first kappa shape index (κ1) is 23.4. The van der Waals surface area contributed by atoms with E-state index in [0.717, 1.165) is 39.3 Å². The lowest BCUT2D eigenvalue weighted by atomic mass is 10.0. The summed E-state index contributed by atoms with van der Waals surface area (Å²) in [5, 5.41) is 0. The molecule has 0 amide bonds. The molecule has 1 aliphatic heterocycles. The third-order valence-electron chi connectivity index (χ3n) is 5.99. The van der Waals surface area contributed by atoms with E-state index in [0.29, 0.717) is 36.2 Å². The zero-order valence-corrected chi connectivity index (χ0v) is 20.6. The number of hydrogen-bond acceptors (Lipinski definition) is 6. The van der Waals surface area contributed by atoms with Crippen LogP contribution in [0.4, 0.5) is 0 Å². The minimum Gasteiger partial charge on any atom is -0.497 e. The molecule has 0 bridgehead atoms. The van der Waals surface area contributed by atoms with E-state index in [4.69, 9.17) is 28.4 Å². The largest absolute Gasteiger partial charge is 0.497 e. The van der Waals surface area contributed by atoms with Crippen molar-refractivity contribution in [3.8, 4) is 45.6 Å². The normalized spacial score (nSPS) is 11.8. The minimum absolute atomic E-state index is 0.224. The third-order valence-corrected chi connectivity index (χ3v) is 5.99. The summed E-state index contributed by atoms with van der Waals surface area (Å²) in [5.41, 5.74) is 4.89. The molecule has 0 saturated heterocycles. The Morgan fingerprint density at radius 1 is 0.722 bits per heavy atom. The zero-order chi connectivity index (χ0) is 24.9. The summed E-state index contributed by atoms with van der Waals surface area (Å²) >= 11 is 0. The maximum atomic E-state index is 6.42. The molecule has 4 aromatic carbocycles. The van der Waals surface area contributed by atoms with Crippen molar-refractivity contribution in [2.75, 3.05) is 21.0 Å². The van der Waals surface area contributed by atoms with Gasteiger partial charge in [0.25, 0.3) is 0 Å². The molecule has 0 N–H and O–H groups in total. The first-order valence-corrected chi connectivity index (χ1v) is 11.7. The van der Waals surface area contributed by atoms with E-state index in [1.807, 2.05) is 79.7 Å². The minimum atomic E-state index is 0.224. The molecule has 0 fully saturated rings. The molecule has 4 aromatic rings. The summed E-state index contributed by atoms with van der Waals surface area (Å²) < 4.78 is 34.8. The predicted molar refractivity (Wildman–Crippen MR) is 137 cm³/mol. The number of fused-ring (bicyclic) bond motifs is 1. The van der Waals surface area contributed by atoms with Gasteiger partial charge in [0.2, 0.25) is 6.79 Å². The maximum absolute atomic E-state index is 6.42. The number of methoxy groups -OCH3 is 2. The van der Waals surface area contributed by atoms with Crippen LogP contribution in [0.1, 0.15) is 16.7 Å². The smallest absolute Gasteiger partial charge is 0.231 e. The molecule has 184 valence electrons. The van der Waals surface area contributed by atoms with Crippen LogP contribution in [0.15, 0.2) is 78.9 Å². The summed E-state index contributed by atoms with van der Waals surface area (Å²) in [5.74, 6) is 4.19. The number of ether oxygens (including phenoxy) is 6. The molecular formula is C30H28O6. The molecule has 36 heavy (non-hydrogen) atoms. The maximum Gasteiger partial charge on any atom is 0.231 e. The summed E-state index contributed by atoms with van der Waals surface area (Å²) in [6, 6.07) is 25.7. The van der Waals surface area contributed by atoms with Gasteiger partial charge in [-0.3, -0.25) is 0 Å². The molecule has 6 nitrogen and oxygen atoms in total. The molecule has 0 unspecified atom stereocenters. The van der Waals surface area contributed by atoms with Gasteiger partial charge in [-0.2, -0.15) is 0 Å². The van der Waals surface area contributed by atoms with Crippen LogP contribution in [0.25, 0.3) is 11.1 Å². The van der Waals surface area contributed by atoms with Crippen LogP contribution in [0.2, 0.25) is 0 Å². The molecule has 0 atom stereocenters. The van der Waals surface area contributed by atoms with Crippen LogP contribution in [0.3, 0.4) is 0 Å². The summed E-state index contributed by atoms with van der Waals surface area (Å²) in [6.07, 6.45) is 0. The molecule has 1 heterocycles. The van der Waals surface area contributed by atoms with Crippen molar-refractivity contribution in [1.82, 2.24) is 0 Å². The molecule has 5 rings (SSSR count). The Morgan fingerprint density at radius 2 is 1.56 bits per heavy atom. The van der Waals surface area contributed by atoms with Crippen LogP contribution in [0.5, 0.6) is 34.5 Å². The topological polar surface area (TPSA) is 55.4 Å². The van der Waals surface area contributed by atoms with Crippen molar-refractivity contribution in [3.63, 3.8) is 0 Å². The van der Waals surface area contributed by atoms with Gasteiger partial charge in [0, 0.05) is 17.2 Å². The van der Waals surface area contributed by atoms with Crippen LogP contribution >= 0.6 is 0 Å². The highest BCUT2D eigenvalue weighted by Gasteiger charge is 2.20. The van der Waals surface area contributed by atoms with E-state index < -0.39 is 0 Å².